The van der Waals surface area contributed by atoms with Gasteiger partial charge >= 0.3 is 5.97 Å². The Morgan fingerprint density at radius 3 is 0.845 bits per heavy atom. The number of aliphatic hydroxyl groups excluding tert-OH is 2. The maximum Gasteiger partial charge on any atom is 0.305 e. The second-order valence-electron chi connectivity index (χ2n) is 26.7. The SMILES string of the molecule is CCCCCCCCCCCCCCCCCCCCC/C=C/C(O)C(CO)NC(=O)CCCCCCCCCCCCCCCCCCC/C=C\CCCCCCCCCCCCCCOC(=O)CCCCCCCCCCCCCCC. The van der Waals surface area contributed by atoms with Gasteiger partial charge in [-0.3, -0.25) is 9.59 Å². The van der Waals surface area contributed by atoms with Crippen LogP contribution in [0, 0.1) is 0 Å². The Morgan fingerprint density at radius 2 is 0.560 bits per heavy atom. The number of esters is 1. The van der Waals surface area contributed by atoms with Crippen LogP contribution in [-0.4, -0.2) is 47.4 Å². The summed E-state index contributed by atoms with van der Waals surface area (Å²) in [6.45, 7) is 4.95. The first kappa shape index (κ1) is 82.3. The lowest BCUT2D eigenvalue weighted by molar-refractivity contribution is -0.143. The van der Waals surface area contributed by atoms with Crippen LogP contribution in [0.25, 0.3) is 0 Å². The Labute approximate surface area is 526 Å². The lowest BCUT2D eigenvalue weighted by Gasteiger charge is -2.20. The molecular weight excluding hydrogens is 1030 g/mol. The fraction of sp³-hybridized carbons (Fsp3) is 0.923. The Kier molecular flexibility index (Phi) is 72.3. The van der Waals surface area contributed by atoms with Crippen LogP contribution >= 0.6 is 0 Å². The zero-order valence-corrected chi connectivity index (χ0v) is 57.2. The number of rotatable bonds is 73. The van der Waals surface area contributed by atoms with Gasteiger partial charge in [-0.05, 0) is 57.8 Å². The molecule has 0 aromatic heterocycles. The number of carbonyl (C=O) groups excluding carboxylic acids is 2. The molecule has 2 unspecified atom stereocenters. The number of ether oxygens (including phenoxy) is 1. The van der Waals surface area contributed by atoms with Crippen molar-refractivity contribution in [1.82, 2.24) is 5.32 Å². The molecule has 84 heavy (non-hydrogen) atoms. The van der Waals surface area contributed by atoms with Gasteiger partial charge in [-0.25, -0.2) is 0 Å². The molecule has 0 aromatic rings. The van der Waals surface area contributed by atoms with Crippen LogP contribution in [0.2, 0.25) is 0 Å². The van der Waals surface area contributed by atoms with Crippen molar-refractivity contribution in [1.29, 1.82) is 0 Å². The van der Waals surface area contributed by atoms with Crippen LogP contribution < -0.4 is 5.32 Å². The molecule has 0 heterocycles. The molecule has 6 nitrogen and oxygen atoms in total. The highest BCUT2D eigenvalue weighted by molar-refractivity contribution is 5.76. The summed E-state index contributed by atoms with van der Waals surface area (Å²) in [4.78, 5) is 24.6. The zero-order valence-electron chi connectivity index (χ0n) is 57.2. The first-order valence-electron chi connectivity index (χ1n) is 38.6. The number of carbonyl (C=O) groups is 2. The summed E-state index contributed by atoms with van der Waals surface area (Å²) in [5, 5.41) is 23.3. The monoisotopic (exact) mass is 1180 g/mol. The molecule has 2 atom stereocenters. The Morgan fingerprint density at radius 1 is 0.321 bits per heavy atom. The normalized spacial score (nSPS) is 12.6. The van der Waals surface area contributed by atoms with Gasteiger partial charge in [0.25, 0.3) is 0 Å². The number of allylic oxidation sites excluding steroid dienone is 3. The summed E-state index contributed by atoms with van der Waals surface area (Å²) in [6.07, 6.45) is 94.3. The van der Waals surface area contributed by atoms with Gasteiger partial charge in [0.2, 0.25) is 5.91 Å². The fourth-order valence-electron chi connectivity index (χ4n) is 12.3. The number of nitrogens with one attached hydrogen (secondary N) is 1. The number of unbranched alkanes of at least 4 members (excludes halogenated alkanes) is 60. The topological polar surface area (TPSA) is 95.9 Å². The maximum atomic E-state index is 12.5. The van der Waals surface area contributed by atoms with E-state index in [4.69, 9.17) is 4.74 Å². The molecule has 0 spiro atoms. The molecule has 1 amide bonds. The molecule has 0 bridgehead atoms. The molecule has 0 aliphatic carbocycles. The van der Waals surface area contributed by atoms with Crippen molar-refractivity contribution in [2.75, 3.05) is 13.2 Å². The minimum absolute atomic E-state index is 0.0208. The summed E-state index contributed by atoms with van der Waals surface area (Å²) >= 11 is 0. The number of amides is 1. The van der Waals surface area contributed by atoms with Crippen molar-refractivity contribution in [3.8, 4) is 0 Å². The van der Waals surface area contributed by atoms with Crippen LogP contribution in [0.5, 0.6) is 0 Å². The van der Waals surface area contributed by atoms with E-state index in [1.165, 1.54) is 372 Å². The van der Waals surface area contributed by atoms with Crippen LogP contribution in [0.15, 0.2) is 24.3 Å². The molecule has 0 aliphatic heterocycles. The quantitative estimate of drug-likeness (QED) is 0.0320. The van der Waals surface area contributed by atoms with E-state index in [-0.39, 0.29) is 18.5 Å². The van der Waals surface area contributed by atoms with Gasteiger partial charge in [0.15, 0.2) is 0 Å². The summed E-state index contributed by atoms with van der Waals surface area (Å²) in [5.41, 5.74) is 0. The fourth-order valence-corrected chi connectivity index (χ4v) is 12.3. The van der Waals surface area contributed by atoms with E-state index in [0.29, 0.717) is 19.4 Å². The largest absolute Gasteiger partial charge is 0.466 e. The molecule has 0 saturated carbocycles. The molecule has 6 heteroatoms. The van der Waals surface area contributed by atoms with Gasteiger partial charge in [-0.2, -0.15) is 0 Å². The van der Waals surface area contributed by atoms with Crippen molar-refractivity contribution < 1.29 is 24.5 Å². The first-order valence-corrected chi connectivity index (χ1v) is 38.6. The van der Waals surface area contributed by atoms with Crippen LogP contribution in [0.4, 0.5) is 0 Å². The van der Waals surface area contributed by atoms with E-state index in [1.807, 2.05) is 6.08 Å². The maximum absolute atomic E-state index is 12.5. The highest BCUT2D eigenvalue weighted by Crippen LogP contribution is 2.20. The second-order valence-corrected chi connectivity index (χ2v) is 26.7. The minimum atomic E-state index is -0.843. The van der Waals surface area contributed by atoms with Crippen molar-refractivity contribution >= 4 is 11.9 Å². The van der Waals surface area contributed by atoms with Crippen molar-refractivity contribution in [2.45, 2.75) is 450 Å². The average molecular weight is 1180 g/mol. The third-order valence-electron chi connectivity index (χ3n) is 18.2. The summed E-state index contributed by atoms with van der Waals surface area (Å²) in [7, 11) is 0. The van der Waals surface area contributed by atoms with Crippen LogP contribution in [0.1, 0.15) is 438 Å². The molecular formula is C78H151NO5. The third-order valence-corrected chi connectivity index (χ3v) is 18.2. The molecule has 0 aromatic carbocycles. The predicted molar refractivity (Wildman–Crippen MR) is 370 cm³/mol. The van der Waals surface area contributed by atoms with E-state index >= 15 is 0 Å². The van der Waals surface area contributed by atoms with Crippen molar-refractivity contribution in [2.24, 2.45) is 0 Å². The van der Waals surface area contributed by atoms with Gasteiger partial charge < -0.3 is 20.3 Å². The van der Waals surface area contributed by atoms with Gasteiger partial charge in [-0.1, -0.05) is 391 Å². The number of aliphatic hydroxyl groups is 2. The summed E-state index contributed by atoms with van der Waals surface area (Å²) < 4.78 is 5.49. The van der Waals surface area contributed by atoms with E-state index in [2.05, 4.69) is 31.3 Å². The van der Waals surface area contributed by atoms with E-state index in [9.17, 15) is 19.8 Å². The minimum Gasteiger partial charge on any atom is -0.466 e. The molecule has 0 aliphatic rings. The molecule has 0 saturated heterocycles. The second kappa shape index (κ2) is 73.8. The molecule has 0 radical (unpaired) electrons. The average Bonchev–Trinajstić information content (AvgIpc) is 3.51. The van der Waals surface area contributed by atoms with E-state index in [1.54, 1.807) is 6.08 Å². The number of hydrogen-bond donors (Lipinski definition) is 3. The number of hydrogen-bond acceptors (Lipinski definition) is 5. The Balaban J connectivity index is 3.37. The van der Waals surface area contributed by atoms with E-state index in [0.717, 1.165) is 38.5 Å². The lowest BCUT2D eigenvalue weighted by Crippen LogP contribution is -2.45. The zero-order chi connectivity index (χ0) is 60.6. The highest BCUT2D eigenvalue weighted by atomic mass is 16.5. The Hall–Kier alpha value is -1.66. The van der Waals surface area contributed by atoms with E-state index < -0.39 is 12.1 Å². The van der Waals surface area contributed by atoms with Gasteiger partial charge in [0, 0.05) is 12.8 Å². The van der Waals surface area contributed by atoms with Crippen molar-refractivity contribution in [3.63, 3.8) is 0 Å². The molecule has 3 N–H and O–H groups in total. The van der Waals surface area contributed by atoms with Gasteiger partial charge in [0.1, 0.15) is 0 Å². The molecule has 0 fully saturated rings. The van der Waals surface area contributed by atoms with Crippen molar-refractivity contribution in [3.05, 3.63) is 24.3 Å². The molecule has 498 valence electrons. The Bertz CT molecular complexity index is 1320. The first-order chi connectivity index (χ1) is 41.5. The van der Waals surface area contributed by atoms with Gasteiger partial charge in [0.05, 0.1) is 25.4 Å². The van der Waals surface area contributed by atoms with Gasteiger partial charge in [-0.15, -0.1) is 0 Å². The highest BCUT2D eigenvalue weighted by Gasteiger charge is 2.18. The predicted octanol–water partition coefficient (Wildman–Crippen LogP) is 25.3. The summed E-state index contributed by atoms with van der Waals surface area (Å²) in [5.74, 6) is -0.0393. The standard InChI is InChI=1S/C78H151NO5/c1-3-5-7-9-11-13-15-17-18-19-20-34-37-40-43-47-50-54-58-62-66-70-76(81)75(74-80)79-77(82)71-67-63-59-55-51-48-44-41-38-35-32-30-28-26-24-22-21-23-25-27-29-31-33-36-39-42-45-49-53-57-61-65-69-73-84-78(83)72-68-64-60-56-52-46-16-14-12-10-8-6-4-2/h25,27,66,70,75-76,80-81H,3-24,26,28-65,67-69,71-74H2,1-2H3,(H,79,82)/b27-25-,70-66+. The smallest absolute Gasteiger partial charge is 0.305 e. The third kappa shape index (κ3) is 69.4. The molecule has 0 rings (SSSR count). The summed E-state index contributed by atoms with van der Waals surface area (Å²) in [6, 6.07) is -0.626. The lowest BCUT2D eigenvalue weighted by atomic mass is 10.0. The van der Waals surface area contributed by atoms with Crippen LogP contribution in [0.3, 0.4) is 0 Å². The van der Waals surface area contributed by atoms with Crippen LogP contribution in [-0.2, 0) is 14.3 Å².